The van der Waals surface area contributed by atoms with Crippen LogP contribution >= 0.6 is 15.9 Å². The molecular weight excluding hydrogens is 548 g/mol. The minimum Gasteiger partial charge on any atom is -0.465 e. The van der Waals surface area contributed by atoms with Gasteiger partial charge in [0.05, 0.1) is 39.9 Å². The lowest BCUT2D eigenvalue weighted by Gasteiger charge is -2.31. The predicted octanol–water partition coefficient (Wildman–Crippen LogP) is 5.16. The molecule has 5 aromatic rings. The second-order valence-electron chi connectivity index (χ2n) is 10.1. The zero-order valence-electron chi connectivity index (χ0n) is 20.2. The number of aromatic amines is 1. The lowest BCUT2D eigenvalue weighted by atomic mass is 9.79. The smallest absolute Gasteiger partial charge is 0.404 e. The van der Waals surface area contributed by atoms with Gasteiger partial charge in [0.2, 0.25) is 0 Å². The molecule has 1 aliphatic carbocycles. The van der Waals surface area contributed by atoms with Crippen molar-refractivity contribution in [2.24, 2.45) is 0 Å². The Morgan fingerprint density at radius 2 is 1.97 bits per heavy atom. The van der Waals surface area contributed by atoms with Crippen LogP contribution in [0.1, 0.15) is 41.8 Å². The molecule has 3 aromatic heterocycles. The van der Waals surface area contributed by atoms with E-state index in [2.05, 4.69) is 41.8 Å². The summed E-state index contributed by atoms with van der Waals surface area (Å²) in [5.41, 5.74) is 7.09. The SMILES string of the molecule is O=C(O)N[C@H]1CCc2ccn3c2C1C(=O)C[C@H](c1nc2ccc(-c4cnc5cc(Br)ccc5n4)cc2[nH]1)C3. The van der Waals surface area contributed by atoms with Crippen molar-refractivity contribution in [2.75, 3.05) is 0 Å². The van der Waals surface area contributed by atoms with E-state index >= 15 is 0 Å². The highest BCUT2D eigenvalue weighted by Crippen LogP contribution is 2.40. The van der Waals surface area contributed by atoms with Crippen molar-refractivity contribution in [2.45, 2.75) is 43.7 Å². The van der Waals surface area contributed by atoms with Crippen molar-refractivity contribution < 1.29 is 14.7 Å². The highest BCUT2D eigenvalue weighted by molar-refractivity contribution is 9.10. The van der Waals surface area contributed by atoms with Crippen LogP contribution in [0.4, 0.5) is 4.79 Å². The van der Waals surface area contributed by atoms with Gasteiger partial charge in [0, 0.05) is 46.9 Å². The van der Waals surface area contributed by atoms with E-state index in [1.54, 1.807) is 6.20 Å². The highest BCUT2D eigenvalue weighted by Gasteiger charge is 2.41. The molecule has 3 atom stereocenters. The first-order valence-electron chi connectivity index (χ1n) is 12.6. The van der Waals surface area contributed by atoms with E-state index in [-0.39, 0.29) is 11.7 Å². The van der Waals surface area contributed by atoms with Gasteiger partial charge in [0.1, 0.15) is 11.6 Å². The predicted molar refractivity (Wildman–Crippen MR) is 145 cm³/mol. The molecule has 1 amide bonds. The summed E-state index contributed by atoms with van der Waals surface area (Å²) in [6, 6.07) is 13.4. The summed E-state index contributed by atoms with van der Waals surface area (Å²) in [7, 11) is 0. The average Bonchev–Trinajstić information content (AvgIpc) is 3.47. The standard InChI is InChI=1S/C28H23BrN6O3/c29-17-3-6-18-21(11-17)30-12-23(31-18)15-2-4-19-22(9-15)33-27(32-19)16-10-24(36)25-20(34-28(37)38)5-1-14-7-8-35(13-16)26(14)25/h2-4,6-9,11-12,16,20,25,34H,1,5,10,13H2,(H,32,33)(H,37,38)/t16-,20-,25?/m0/s1. The Hall–Kier alpha value is -4.05. The maximum absolute atomic E-state index is 13.5. The fraction of sp³-hybridized carbons (Fsp3) is 0.250. The number of H-pyrrole nitrogens is 1. The van der Waals surface area contributed by atoms with Crippen LogP contribution in [-0.2, 0) is 17.8 Å². The summed E-state index contributed by atoms with van der Waals surface area (Å²) >= 11 is 3.47. The number of ketones is 1. The number of aromatic nitrogens is 5. The van der Waals surface area contributed by atoms with Crippen molar-refractivity contribution in [1.82, 2.24) is 29.8 Å². The molecule has 0 fully saturated rings. The monoisotopic (exact) mass is 570 g/mol. The number of nitrogens with zero attached hydrogens (tertiary/aromatic N) is 4. The summed E-state index contributed by atoms with van der Waals surface area (Å²) in [6.07, 6.45) is 4.36. The van der Waals surface area contributed by atoms with Gasteiger partial charge in [-0.1, -0.05) is 22.0 Å². The molecule has 2 aromatic carbocycles. The number of amides is 1. The largest absolute Gasteiger partial charge is 0.465 e. The number of carboxylic acid groups (broad SMARTS) is 1. The normalized spacial score (nSPS) is 20.9. The Balaban J connectivity index is 1.22. The molecule has 2 aliphatic rings. The van der Waals surface area contributed by atoms with Crippen LogP contribution in [0.2, 0.25) is 0 Å². The molecule has 190 valence electrons. The number of halogens is 1. The molecular formula is C28H23BrN6O3. The number of carbonyl (C=O) groups is 2. The number of hydrogen-bond donors (Lipinski definition) is 3. The second kappa shape index (κ2) is 8.76. The third-order valence-corrected chi connectivity index (χ3v) is 8.22. The molecule has 10 heteroatoms. The fourth-order valence-corrected chi connectivity index (χ4v) is 6.35. The fourth-order valence-electron chi connectivity index (χ4n) is 6.00. The van der Waals surface area contributed by atoms with E-state index in [0.29, 0.717) is 19.4 Å². The lowest BCUT2D eigenvalue weighted by Crippen LogP contribution is -2.44. The number of imidazole rings is 1. The number of rotatable bonds is 3. The first kappa shape index (κ1) is 23.1. The van der Waals surface area contributed by atoms with Gasteiger partial charge in [-0.05, 0) is 54.8 Å². The third kappa shape index (κ3) is 3.87. The van der Waals surface area contributed by atoms with E-state index < -0.39 is 18.1 Å². The Kier molecular flexibility index (Phi) is 5.33. The van der Waals surface area contributed by atoms with Crippen molar-refractivity contribution in [3.05, 3.63) is 76.4 Å². The summed E-state index contributed by atoms with van der Waals surface area (Å²) < 4.78 is 3.08. The second-order valence-corrected chi connectivity index (χ2v) is 11.0. The van der Waals surface area contributed by atoms with Gasteiger partial charge in [-0.15, -0.1) is 0 Å². The number of nitrogens with one attached hydrogen (secondary N) is 2. The molecule has 7 rings (SSSR count). The maximum atomic E-state index is 13.5. The van der Waals surface area contributed by atoms with E-state index in [9.17, 15) is 14.7 Å². The Labute approximate surface area is 225 Å². The van der Waals surface area contributed by atoms with Crippen molar-refractivity contribution >= 4 is 49.9 Å². The van der Waals surface area contributed by atoms with Crippen LogP contribution in [0.5, 0.6) is 0 Å². The van der Waals surface area contributed by atoms with E-state index in [1.807, 2.05) is 42.6 Å². The third-order valence-electron chi connectivity index (χ3n) is 7.72. The zero-order valence-corrected chi connectivity index (χ0v) is 21.8. The molecule has 1 unspecified atom stereocenters. The quantitative estimate of drug-likeness (QED) is 0.275. The molecule has 4 heterocycles. The molecule has 9 nitrogen and oxygen atoms in total. The highest BCUT2D eigenvalue weighted by atomic mass is 79.9. The number of aryl methyl sites for hydroxylation is 1. The van der Waals surface area contributed by atoms with Gasteiger partial charge in [0.15, 0.2) is 0 Å². The number of carbonyl (C=O) groups excluding carboxylic acids is 1. The van der Waals surface area contributed by atoms with Crippen LogP contribution in [-0.4, -0.2) is 47.5 Å². The van der Waals surface area contributed by atoms with Crippen molar-refractivity contribution in [3.8, 4) is 11.3 Å². The topological polar surface area (TPSA) is 126 Å². The molecule has 0 saturated heterocycles. The van der Waals surface area contributed by atoms with Crippen LogP contribution in [0, 0.1) is 0 Å². The minimum atomic E-state index is -1.10. The molecule has 38 heavy (non-hydrogen) atoms. The maximum Gasteiger partial charge on any atom is 0.404 e. The first-order valence-corrected chi connectivity index (χ1v) is 13.3. The van der Waals surface area contributed by atoms with E-state index in [4.69, 9.17) is 9.97 Å². The minimum absolute atomic E-state index is 0.0476. The Morgan fingerprint density at radius 3 is 2.84 bits per heavy atom. The molecule has 3 N–H and O–H groups in total. The Morgan fingerprint density at radius 1 is 1.11 bits per heavy atom. The van der Waals surface area contributed by atoms with E-state index in [0.717, 1.165) is 61.3 Å². The van der Waals surface area contributed by atoms with Gasteiger partial charge in [-0.25, -0.2) is 14.8 Å². The van der Waals surface area contributed by atoms with Crippen molar-refractivity contribution in [3.63, 3.8) is 0 Å². The molecule has 0 bridgehead atoms. The Bertz CT molecular complexity index is 1760. The van der Waals surface area contributed by atoms with E-state index in [1.165, 1.54) is 0 Å². The van der Waals surface area contributed by atoms with Gasteiger partial charge >= 0.3 is 6.09 Å². The summed E-state index contributed by atoms with van der Waals surface area (Å²) in [4.78, 5) is 42.6. The summed E-state index contributed by atoms with van der Waals surface area (Å²) in [6.45, 7) is 0.607. The van der Waals surface area contributed by atoms with Crippen LogP contribution in [0.25, 0.3) is 33.3 Å². The summed E-state index contributed by atoms with van der Waals surface area (Å²) in [5.74, 6) is 0.179. The average molecular weight is 571 g/mol. The number of benzene rings is 2. The van der Waals surface area contributed by atoms with Crippen LogP contribution in [0.3, 0.4) is 0 Å². The zero-order chi connectivity index (χ0) is 26.0. The first-order chi connectivity index (χ1) is 18.4. The van der Waals surface area contributed by atoms with Gasteiger partial charge in [-0.2, -0.15) is 0 Å². The number of fused-ring (bicyclic) bond motifs is 2. The number of hydrogen-bond acceptors (Lipinski definition) is 5. The van der Waals surface area contributed by atoms with Crippen molar-refractivity contribution in [1.29, 1.82) is 0 Å². The van der Waals surface area contributed by atoms with Gasteiger partial charge in [-0.3, -0.25) is 9.78 Å². The summed E-state index contributed by atoms with van der Waals surface area (Å²) in [5, 5.41) is 11.9. The van der Waals surface area contributed by atoms with Crippen LogP contribution < -0.4 is 5.32 Å². The molecule has 1 aliphatic heterocycles. The van der Waals surface area contributed by atoms with Gasteiger partial charge < -0.3 is 20.0 Å². The number of Topliss-reactive ketones (excluding diaryl/α,β-unsaturated/α-hetero) is 1. The van der Waals surface area contributed by atoms with Crippen LogP contribution in [0.15, 0.2) is 59.3 Å². The van der Waals surface area contributed by atoms with Gasteiger partial charge in [0.25, 0.3) is 0 Å². The molecule has 0 saturated carbocycles. The molecule has 0 spiro atoms. The molecule has 0 radical (unpaired) electrons. The lowest BCUT2D eigenvalue weighted by molar-refractivity contribution is -0.121.